The highest BCUT2D eigenvalue weighted by atomic mass is 16.7. The molecule has 1 N–H and O–H groups in total. The number of rotatable bonds is 8. The first-order chi connectivity index (χ1) is 10.2. The minimum Gasteiger partial charge on any atom is -0.352 e. The lowest BCUT2D eigenvalue weighted by Gasteiger charge is -2.21. The molecule has 0 fully saturated rings. The van der Waals surface area contributed by atoms with Gasteiger partial charge in [-0.05, 0) is 43.2 Å². The van der Waals surface area contributed by atoms with Gasteiger partial charge in [0.25, 0.3) is 0 Å². The van der Waals surface area contributed by atoms with Gasteiger partial charge in [0.05, 0.1) is 0 Å². The molecule has 0 aliphatic heterocycles. The molecular formula is C18H25NO2. The molecule has 1 unspecified atom stereocenters. The molecule has 0 bridgehead atoms. The van der Waals surface area contributed by atoms with Crippen LogP contribution in [0.2, 0.25) is 0 Å². The zero-order chi connectivity index (χ0) is 15.1. The lowest BCUT2D eigenvalue weighted by atomic mass is 10.0. The van der Waals surface area contributed by atoms with Crippen molar-refractivity contribution in [1.82, 2.24) is 5.32 Å². The molecule has 2 rings (SSSR count). The van der Waals surface area contributed by atoms with E-state index in [1.807, 2.05) is 13.8 Å². The Morgan fingerprint density at radius 3 is 2.29 bits per heavy atom. The van der Waals surface area contributed by atoms with Gasteiger partial charge in [-0.1, -0.05) is 36.4 Å². The average molecular weight is 287 g/mol. The van der Waals surface area contributed by atoms with E-state index in [1.165, 1.54) is 16.3 Å². The predicted octanol–water partition coefficient (Wildman–Crippen LogP) is 3.89. The summed E-state index contributed by atoms with van der Waals surface area (Å²) < 4.78 is 11.1. The zero-order valence-corrected chi connectivity index (χ0v) is 13.1. The Kier molecular flexibility index (Phi) is 6.18. The van der Waals surface area contributed by atoms with Gasteiger partial charge in [0, 0.05) is 25.8 Å². The molecule has 0 amide bonds. The first-order valence-corrected chi connectivity index (χ1v) is 7.69. The standard InChI is InChI=1S/C18H25NO2/c1-4-20-18(21-5-2)13-19-14(3)16-11-10-15-8-6-7-9-17(15)12-16/h6-12,14,18-19H,4-5,13H2,1-3H3. The van der Waals surface area contributed by atoms with E-state index < -0.39 is 0 Å². The number of ether oxygens (including phenoxy) is 2. The van der Waals surface area contributed by atoms with E-state index in [4.69, 9.17) is 9.47 Å². The van der Waals surface area contributed by atoms with E-state index in [1.54, 1.807) is 0 Å². The van der Waals surface area contributed by atoms with E-state index in [-0.39, 0.29) is 12.3 Å². The third-order valence-electron chi connectivity index (χ3n) is 3.57. The van der Waals surface area contributed by atoms with Gasteiger partial charge in [-0.15, -0.1) is 0 Å². The highest BCUT2D eigenvalue weighted by Gasteiger charge is 2.11. The summed E-state index contributed by atoms with van der Waals surface area (Å²) in [6.45, 7) is 8.15. The Morgan fingerprint density at radius 2 is 1.62 bits per heavy atom. The molecule has 0 spiro atoms. The molecule has 21 heavy (non-hydrogen) atoms. The number of hydrogen-bond acceptors (Lipinski definition) is 3. The molecule has 3 nitrogen and oxygen atoms in total. The van der Waals surface area contributed by atoms with Crippen LogP contribution in [0.5, 0.6) is 0 Å². The van der Waals surface area contributed by atoms with Crippen LogP contribution in [0.25, 0.3) is 10.8 Å². The quantitative estimate of drug-likeness (QED) is 0.747. The summed E-state index contributed by atoms with van der Waals surface area (Å²) in [5, 5.41) is 6.03. The number of nitrogens with one attached hydrogen (secondary N) is 1. The monoisotopic (exact) mass is 287 g/mol. The Labute approximate surface area is 127 Å². The molecule has 3 heteroatoms. The van der Waals surface area contributed by atoms with Crippen LogP contribution < -0.4 is 5.32 Å². The van der Waals surface area contributed by atoms with Gasteiger partial charge in [0.15, 0.2) is 6.29 Å². The zero-order valence-electron chi connectivity index (χ0n) is 13.1. The lowest BCUT2D eigenvalue weighted by molar-refractivity contribution is -0.133. The van der Waals surface area contributed by atoms with E-state index in [2.05, 4.69) is 54.7 Å². The number of hydrogen-bond donors (Lipinski definition) is 1. The summed E-state index contributed by atoms with van der Waals surface area (Å²) in [6, 6.07) is 15.3. The molecular weight excluding hydrogens is 262 g/mol. The Morgan fingerprint density at radius 1 is 0.952 bits per heavy atom. The fourth-order valence-electron chi connectivity index (χ4n) is 2.41. The summed E-state index contributed by atoms with van der Waals surface area (Å²) in [5.74, 6) is 0. The van der Waals surface area contributed by atoms with Crippen molar-refractivity contribution in [2.45, 2.75) is 33.1 Å². The van der Waals surface area contributed by atoms with Gasteiger partial charge in [-0.25, -0.2) is 0 Å². The average Bonchev–Trinajstić information content (AvgIpc) is 2.52. The van der Waals surface area contributed by atoms with Crippen LogP contribution in [-0.2, 0) is 9.47 Å². The second kappa shape index (κ2) is 8.13. The van der Waals surface area contributed by atoms with Crippen molar-refractivity contribution in [3.8, 4) is 0 Å². The van der Waals surface area contributed by atoms with Crippen LogP contribution in [0.4, 0.5) is 0 Å². The minimum atomic E-state index is -0.178. The third-order valence-corrected chi connectivity index (χ3v) is 3.57. The summed E-state index contributed by atoms with van der Waals surface area (Å²) >= 11 is 0. The van der Waals surface area contributed by atoms with E-state index in [9.17, 15) is 0 Å². The van der Waals surface area contributed by atoms with Gasteiger partial charge in [-0.3, -0.25) is 0 Å². The molecule has 114 valence electrons. The summed E-state index contributed by atoms with van der Waals surface area (Å²) in [7, 11) is 0. The van der Waals surface area contributed by atoms with Gasteiger partial charge < -0.3 is 14.8 Å². The van der Waals surface area contributed by atoms with Crippen LogP contribution in [0.15, 0.2) is 42.5 Å². The van der Waals surface area contributed by atoms with Crippen molar-refractivity contribution in [1.29, 1.82) is 0 Å². The third kappa shape index (κ3) is 4.53. The summed E-state index contributed by atoms with van der Waals surface area (Å²) in [5.41, 5.74) is 1.28. The number of fused-ring (bicyclic) bond motifs is 1. The van der Waals surface area contributed by atoms with Gasteiger partial charge in [0.1, 0.15) is 0 Å². The van der Waals surface area contributed by atoms with Crippen LogP contribution in [0.3, 0.4) is 0 Å². The normalized spacial score (nSPS) is 13.0. The van der Waals surface area contributed by atoms with Gasteiger partial charge >= 0.3 is 0 Å². The maximum atomic E-state index is 5.55. The SMILES string of the molecule is CCOC(CNC(C)c1ccc2ccccc2c1)OCC. The highest BCUT2D eigenvalue weighted by Crippen LogP contribution is 2.20. The molecule has 2 aromatic rings. The van der Waals surface area contributed by atoms with Crippen molar-refractivity contribution in [3.63, 3.8) is 0 Å². The minimum absolute atomic E-state index is 0.178. The highest BCUT2D eigenvalue weighted by molar-refractivity contribution is 5.83. The first kappa shape index (κ1) is 16.0. The summed E-state index contributed by atoms with van der Waals surface area (Å²) in [6.07, 6.45) is -0.178. The van der Waals surface area contributed by atoms with Crippen molar-refractivity contribution in [2.24, 2.45) is 0 Å². The number of benzene rings is 2. The van der Waals surface area contributed by atoms with Crippen LogP contribution in [0.1, 0.15) is 32.4 Å². The van der Waals surface area contributed by atoms with Gasteiger partial charge in [-0.2, -0.15) is 0 Å². The van der Waals surface area contributed by atoms with Crippen LogP contribution in [-0.4, -0.2) is 26.0 Å². The molecule has 2 aromatic carbocycles. The second-order valence-electron chi connectivity index (χ2n) is 5.08. The largest absolute Gasteiger partial charge is 0.352 e. The Balaban J connectivity index is 1.99. The maximum absolute atomic E-state index is 5.55. The Bertz CT molecular complexity index is 550. The lowest BCUT2D eigenvalue weighted by Crippen LogP contribution is -2.33. The molecule has 0 radical (unpaired) electrons. The maximum Gasteiger partial charge on any atom is 0.169 e. The van der Waals surface area contributed by atoms with Crippen molar-refractivity contribution in [3.05, 3.63) is 48.0 Å². The van der Waals surface area contributed by atoms with Crippen molar-refractivity contribution in [2.75, 3.05) is 19.8 Å². The molecule has 0 aromatic heterocycles. The van der Waals surface area contributed by atoms with Crippen molar-refractivity contribution >= 4 is 10.8 Å². The Hall–Kier alpha value is -1.42. The van der Waals surface area contributed by atoms with Gasteiger partial charge in [0.2, 0.25) is 0 Å². The molecule has 0 aliphatic carbocycles. The van der Waals surface area contributed by atoms with Crippen LogP contribution >= 0.6 is 0 Å². The van der Waals surface area contributed by atoms with E-state index in [0.29, 0.717) is 19.8 Å². The van der Waals surface area contributed by atoms with E-state index in [0.717, 1.165) is 0 Å². The molecule has 0 saturated carbocycles. The van der Waals surface area contributed by atoms with E-state index >= 15 is 0 Å². The fourth-order valence-corrected chi connectivity index (χ4v) is 2.41. The molecule has 1 atom stereocenters. The summed E-state index contributed by atoms with van der Waals surface area (Å²) in [4.78, 5) is 0. The second-order valence-corrected chi connectivity index (χ2v) is 5.08. The van der Waals surface area contributed by atoms with Crippen molar-refractivity contribution < 1.29 is 9.47 Å². The van der Waals surface area contributed by atoms with Crippen LogP contribution in [0, 0.1) is 0 Å². The smallest absolute Gasteiger partial charge is 0.169 e. The topological polar surface area (TPSA) is 30.5 Å². The predicted molar refractivity (Wildman–Crippen MR) is 87.4 cm³/mol. The molecule has 0 heterocycles. The fraction of sp³-hybridized carbons (Fsp3) is 0.444. The molecule has 0 aliphatic rings. The first-order valence-electron chi connectivity index (χ1n) is 7.69. The molecule has 0 saturated heterocycles.